The molecule has 0 aliphatic heterocycles. The Hall–Kier alpha value is 0.279. The molecule has 0 spiro atoms. The first-order valence-electron chi connectivity index (χ1n) is 8.10. The van der Waals surface area contributed by atoms with Gasteiger partial charge in [-0.3, -0.25) is 0 Å². The van der Waals surface area contributed by atoms with Crippen LogP contribution in [0, 0.1) is 11.8 Å². The van der Waals surface area contributed by atoms with Gasteiger partial charge in [0.15, 0.2) is 12.6 Å². The molecule has 0 fully saturated rings. The van der Waals surface area contributed by atoms with Crippen LogP contribution in [0.4, 0.5) is 0 Å². The minimum Gasteiger partial charge on any atom is -0.393 e. The Labute approximate surface area is 151 Å². The minimum atomic E-state index is -0.822. The Morgan fingerprint density at radius 3 is 1.09 bits per heavy atom. The second-order valence-electron chi connectivity index (χ2n) is 5.91. The Morgan fingerprint density at radius 2 is 0.913 bits per heavy atom. The molecule has 147 valence electrons. The first kappa shape index (κ1) is 28.1. The molecule has 4 unspecified atom stereocenters. The van der Waals surface area contributed by atoms with Crippen molar-refractivity contribution in [1.82, 2.24) is 0 Å². The van der Waals surface area contributed by atoms with E-state index in [1.807, 2.05) is 41.5 Å². The maximum Gasteiger partial charge on any atom is 0.156 e. The molecule has 0 aliphatic carbocycles. The Bertz CT molecular complexity index is 217. The van der Waals surface area contributed by atoms with Crippen molar-refractivity contribution < 1.29 is 47.0 Å². The van der Waals surface area contributed by atoms with Crippen LogP contribution in [0.1, 0.15) is 54.4 Å². The summed E-state index contributed by atoms with van der Waals surface area (Å²) in [5, 5.41) is 36.7. The van der Waals surface area contributed by atoms with Crippen LogP contribution in [0.5, 0.6) is 0 Å². The molecule has 4 N–H and O–H groups in total. The molecule has 0 bridgehead atoms. The SMILES string of the molecule is CCOC(O)CC(O)C(C)C.CCOC(O)CC(O)C(C)C.[Cu]. The molecular weight excluding hydrogens is 352 g/mol. The quantitative estimate of drug-likeness (QED) is 0.335. The topological polar surface area (TPSA) is 99.4 Å². The summed E-state index contributed by atoms with van der Waals surface area (Å²) in [5.41, 5.74) is 0. The third-order valence-corrected chi connectivity index (χ3v) is 3.14. The Morgan fingerprint density at radius 1 is 0.652 bits per heavy atom. The van der Waals surface area contributed by atoms with E-state index >= 15 is 0 Å². The molecule has 0 rings (SSSR count). The standard InChI is InChI=1S/2C8H18O3.Cu/c2*1-4-11-8(10)5-7(9)6(2)3;/h2*6-10H,4-5H2,1-3H3;. The van der Waals surface area contributed by atoms with Crippen LogP contribution in [0.25, 0.3) is 0 Å². The second kappa shape index (κ2) is 17.1. The van der Waals surface area contributed by atoms with E-state index in [1.54, 1.807) is 0 Å². The monoisotopic (exact) mass is 387 g/mol. The maximum absolute atomic E-state index is 9.28. The van der Waals surface area contributed by atoms with Gasteiger partial charge in [0.1, 0.15) is 0 Å². The zero-order valence-electron chi connectivity index (χ0n) is 15.2. The van der Waals surface area contributed by atoms with Crippen molar-refractivity contribution in [2.75, 3.05) is 13.2 Å². The summed E-state index contributed by atoms with van der Waals surface area (Å²) in [7, 11) is 0. The largest absolute Gasteiger partial charge is 0.393 e. The van der Waals surface area contributed by atoms with Crippen molar-refractivity contribution in [2.45, 2.75) is 79.2 Å². The molecule has 0 saturated carbocycles. The van der Waals surface area contributed by atoms with Gasteiger partial charge in [-0.05, 0) is 25.7 Å². The number of hydrogen-bond donors (Lipinski definition) is 4. The van der Waals surface area contributed by atoms with E-state index in [0.717, 1.165) is 0 Å². The summed E-state index contributed by atoms with van der Waals surface area (Å²) >= 11 is 0. The molecule has 0 heterocycles. The van der Waals surface area contributed by atoms with E-state index in [4.69, 9.17) is 19.7 Å². The van der Waals surface area contributed by atoms with E-state index < -0.39 is 24.8 Å². The summed E-state index contributed by atoms with van der Waals surface area (Å²) in [6.07, 6.45) is -2.00. The number of rotatable bonds is 10. The number of ether oxygens (including phenoxy) is 2. The van der Waals surface area contributed by atoms with Crippen LogP contribution < -0.4 is 0 Å². The molecule has 4 atom stereocenters. The molecule has 0 aromatic carbocycles. The van der Waals surface area contributed by atoms with Crippen molar-refractivity contribution in [3.63, 3.8) is 0 Å². The molecule has 0 aromatic rings. The molecule has 7 heteroatoms. The average Bonchev–Trinajstić information content (AvgIpc) is 2.39. The number of aliphatic hydroxyl groups excluding tert-OH is 4. The van der Waals surface area contributed by atoms with Gasteiger partial charge >= 0.3 is 0 Å². The summed E-state index contributed by atoms with van der Waals surface area (Å²) in [6.45, 7) is 12.2. The maximum atomic E-state index is 9.28. The van der Waals surface area contributed by atoms with Crippen LogP contribution in [0.3, 0.4) is 0 Å². The molecule has 0 aromatic heterocycles. The van der Waals surface area contributed by atoms with E-state index in [-0.39, 0.29) is 28.9 Å². The molecule has 0 amide bonds. The van der Waals surface area contributed by atoms with E-state index in [0.29, 0.717) is 26.1 Å². The normalized spacial score (nSPS) is 16.2. The van der Waals surface area contributed by atoms with Gasteiger partial charge in [0.05, 0.1) is 12.2 Å². The van der Waals surface area contributed by atoms with Crippen LogP contribution in [-0.4, -0.2) is 58.4 Å². The molecule has 0 saturated heterocycles. The molecule has 23 heavy (non-hydrogen) atoms. The number of hydrogen-bond acceptors (Lipinski definition) is 6. The van der Waals surface area contributed by atoms with Crippen molar-refractivity contribution >= 4 is 0 Å². The smallest absolute Gasteiger partial charge is 0.156 e. The first-order valence-corrected chi connectivity index (χ1v) is 8.10. The van der Waals surface area contributed by atoms with Gasteiger partial charge in [0.25, 0.3) is 0 Å². The van der Waals surface area contributed by atoms with Gasteiger partial charge in [-0.1, -0.05) is 27.7 Å². The van der Waals surface area contributed by atoms with Crippen molar-refractivity contribution in [3.05, 3.63) is 0 Å². The zero-order valence-corrected chi connectivity index (χ0v) is 16.1. The van der Waals surface area contributed by atoms with Gasteiger partial charge in [-0.2, -0.15) is 0 Å². The van der Waals surface area contributed by atoms with Crippen LogP contribution in [0.15, 0.2) is 0 Å². The molecule has 6 nitrogen and oxygen atoms in total. The van der Waals surface area contributed by atoms with Crippen LogP contribution in [0.2, 0.25) is 0 Å². The van der Waals surface area contributed by atoms with E-state index in [2.05, 4.69) is 0 Å². The van der Waals surface area contributed by atoms with E-state index in [9.17, 15) is 10.2 Å². The fraction of sp³-hybridized carbons (Fsp3) is 1.00. The Balaban J connectivity index is -0.000000333. The van der Waals surface area contributed by atoms with Crippen molar-refractivity contribution in [1.29, 1.82) is 0 Å². The molecular formula is C16H36CuO6. The third kappa shape index (κ3) is 18.5. The van der Waals surface area contributed by atoms with Gasteiger partial charge in [0.2, 0.25) is 0 Å². The average molecular weight is 388 g/mol. The Kier molecular flexibility index (Phi) is 20.9. The number of aliphatic hydroxyl groups is 4. The third-order valence-electron chi connectivity index (χ3n) is 3.14. The fourth-order valence-electron chi connectivity index (χ4n) is 1.48. The van der Waals surface area contributed by atoms with Crippen LogP contribution >= 0.6 is 0 Å². The first-order chi connectivity index (χ1) is 10.1. The van der Waals surface area contributed by atoms with Crippen molar-refractivity contribution in [3.8, 4) is 0 Å². The summed E-state index contributed by atoms with van der Waals surface area (Å²) in [5.74, 6) is 0.343. The predicted octanol–water partition coefficient (Wildman–Crippen LogP) is 1.49. The molecule has 0 aliphatic rings. The predicted molar refractivity (Wildman–Crippen MR) is 86.2 cm³/mol. The minimum absolute atomic E-state index is 0. The summed E-state index contributed by atoms with van der Waals surface area (Å²) < 4.78 is 9.72. The van der Waals surface area contributed by atoms with Crippen LogP contribution in [-0.2, 0) is 26.5 Å². The van der Waals surface area contributed by atoms with Gasteiger partial charge in [-0.25, -0.2) is 0 Å². The van der Waals surface area contributed by atoms with E-state index in [1.165, 1.54) is 0 Å². The van der Waals surface area contributed by atoms with Gasteiger partial charge in [0, 0.05) is 43.1 Å². The summed E-state index contributed by atoms with van der Waals surface area (Å²) in [4.78, 5) is 0. The van der Waals surface area contributed by atoms with Gasteiger partial charge in [-0.15, -0.1) is 0 Å². The van der Waals surface area contributed by atoms with Gasteiger partial charge < -0.3 is 29.9 Å². The summed E-state index contributed by atoms with van der Waals surface area (Å²) in [6, 6.07) is 0. The van der Waals surface area contributed by atoms with Crippen molar-refractivity contribution in [2.24, 2.45) is 11.8 Å². The molecule has 1 radical (unpaired) electrons. The fourth-order valence-corrected chi connectivity index (χ4v) is 1.48. The second-order valence-corrected chi connectivity index (χ2v) is 5.91. The zero-order chi connectivity index (χ0) is 17.7.